The third kappa shape index (κ3) is 2.36. The minimum Gasteiger partial charge on any atom is -0.479 e. The highest BCUT2D eigenvalue weighted by Crippen LogP contribution is 2.55. The lowest BCUT2D eigenvalue weighted by Gasteiger charge is -2.25. The first kappa shape index (κ1) is 13.3. The lowest BCUT2D eigenvalue weighted by molar-refractivity contribution is -0.149. The topological polar surface area (TPSA) is 75.6 Å². The zero-order valence-electron chi connectivity index (χ0n) is 10.9. The molecule has 18 heavy (non-hydrogen) atoms. The van der Waals surface area contributed by atoms with E-state index in [1.807, 2.05) is 0 Å². The van der Waals surface area contributed by atoms with E-state index in [4.69, 9.17) is 4.74 Å². The molecule has 0 saturated heterocycles. The molecular weight excluding hydrogens is 234 g/mol. The van der Waals surface area contributed by atoms with Crippen LogP contribution in [-0.2, 0) is 14.3 Å². The summed E-state index contributed by atoms with van der Waals surface area (Å²) in [6, 6.07) is 0. The second-order valence-corrected chi connectivity index (χ2v) is 5.70. The molecule has 2 rings (SSSR count). The molecule has 0 aromatic heterocycles. The van der Waals surface area contributed by atoms with Crippen LogP contribution in [0.25, 0.3) is 0 Å². The highest BCUT2D eigenvalue weighted by atomic mass is 16.5. The fourth-order valence-corrected chi connectivity index (χ4v) is 3.18. The maximum absolute atomic E-state index is 12.1. The van der Waals surface area contributed by atoms with Gasteiger partial charge < -0.3 is 15.2 Å². The van der Waals surface area contributed by atoms with Gasteiger partial charge in [-0.1, -0.05) is 12.8 Å². The standard InChI is InChI=1S/C13H21NO4/c1-13(7-18-2,12(16)17)14-11(15)10-8-5-3-4-6-9(8)10/h8-10H,3-7H2,1-2H3,(H,14,15)(H,16,17). The van der Waals surface area contributed by atoms with Crippen LogP contribution >= 0.6 is 0 Å². The highest BCUT2D eigenvalue weighted by Gasteiger charge is 2.55. The fourth-order valence-electron chi connectivity index (χ4n) is 3.18. The van der Waals surface area contributed by atoms with Crippen molar-refractivity contribution in [2.45, 2.75) is 38.1 Å². The number of hydrogen-bond acceptors (Lipinski definition) is 3. The van der Waals surface area contributed by atoms with Crippen molar-refractivity contribution in [2.24, 2.45) is 17.8 Å². The molecule has 0 bridgehead atoms. The van der Waals surface area contributed by atoms with Gasteiger partial charge in [-0.15, -0.1) is 0 Å². The van der Waals surface area contributed by atoms with Crippen LogP contribution < -0.4 is 5.32 Å². The Kier molecular flexibility index (Phi) is 3.61. The lowest BCUT2D eigenvalue weighted by Crippen LogP contribution is -2.56. The molecular formula is C13H21NO4. The molecule has 2 aliphatic carbocycles. The Hall–Kier alpha value is -1.10. The van der Waals surface area contributed by atoms with E-state index in [2.05, 4.69) is 5.32 Å². The molecule has 0 radical (unpaired) electrons. The van der Waals surface area contributed by atoms with Gasteiger partial charge in [-0.2, -0.15) is 0 Å². The van der Waals surface area contributed by atoms with E-state index in [0.29, 0.717) is 11.8 Å². The number of ether oxygens (including phenoxy) is 1. The third-order valence-electron chi connectivity index (χ3n) is 4.26. The molecule has 2 N–H and O–H groups in total. The molecule has 0 aliphatic heterocycles. The Balaban J connectivity index is 1.96. The molecule has 0 spiro atoms. The molecule has 3 atom stereocenters. The van der Waals surface area contributed by atoms with Crippen LogP contribution in [-0.4, -0.2) is 36.2 Å². The van der Waals surface area contributed by atoms with Gasteiger partial charge in [0.2, 0.25) is 5.91 Å². The Morgan fingerprint density at radius 3 is 2.33 bits per heavy atom. The van der Waals surface area contributed by atoms with Crippen molar-refractivity contribution < 1.29 is 19.4 Å². The summed E-state index contributed by atoms with van der Waals surface area (Å²) in [7, 11) is 1.43. The van der Waals surface area contributed by atoms with E-state index in [1.165, 1.54) is 26.9 Å². The van der Waals surface area contributed by atoms with Crippen molar-refractivity contribution in [3.05, 3.63) is 0 Å². The smallest absolute Gasteiger partial charge is 0.331 e. The zero-order valence-corrected chi connectivity index (χ0v) is 10.9. The van der Waals surface area contributed by atoms with Crippen LogP contribution in [0.2, 0.25) is 0 Å². The minimum absolute atomic E-state index is 0.0177. The number of carboxylic acid groups (broad SMARTS) is 1. The van der Waals surface area contributed by atoms with E-state index in [9.17, 15) is 14.7 Å². The van der Waals surface area contributed by atoms with E-state index >= 15 is 0 Å². The SMILES string of the molecule is COCC(C)(NC(=O)C1C2CCCCC21)C(=O)O. The van der Waals surface area contributed by atoms with Crippen molar-refractivity contribution >= 4 is 11.9 Å². The molecule has 2 fully saturated rings. The normalized spacial score (nSPS) is 33.1. The number of fused-ring (bicyclic) bond motifs is 1. The summed E-state index contributed by atoms with van der Waals surface area (Å²) >= 11 is 0. The second kappa shape index (κ2) is 4.88. The largest absolute Gasteiger partial charge is 0.479 e. The van der Waals surface area contributed by atoms with Gasteiger partial charge in [0.15, 0.2) is 5.54 Å². The molecule has 2 saturated carbocycles. The van der Waals surface area contributed by atoms with Gasteiger partial charge in [0.25, 0.3) is 0 Å². The summed E-state index contributed by atoms with van der Waals surface area (Å²) in [5, 5.41) is 11.8. The highest BCUT2D eigenvalue weighted by molar-refractivity contribution is 5.89. The number of carbonyl (C=O) groups is 2. The molecule has 0 aromatic rings. The molecule has 2 aliphatic rings. The van der Waals surface area contributed by atoms with Crippen LogP contribution in [0.4, 0.5) is 0 Å². The predicted octanol–water partition coefficient (Wildman–Crippen LogP) is 1.03. The molecule has 5 heteroatoms. The molecule has 5 nitrogen and oxygen atoms in total. The van der Waals surface area contributed by atoms with Crippen molar-refractivity contribution in [1.82, 2.24) is 5.32 Å². The molecule has 1 amide bonds. The number of methoxy groups -OCH3 is 1. The maximum Gasteiger partial charge on any atom is 0.331 e. The Bertz CT molecular complexity index is 345. The Morgan fingerprint density at radius 1 is 1.33 bits per heavy atom. The molecule has 3 unspecified atom stereocenters. The first-order valence-corrected chi connectivity index (χ1v) is 6.54. The zero-order chi connectivity index (χ0) is 13.3. The van der Waals surface area contributed by atoms with Gasteiger partial charge in [0, 0.05) is 13.0 Å². The quantitative estimate of drug-likeness (QED) is 0.769. The number of amides is 1. The average molecular weight is 255 g/mol. The van der Waals surface area contributed by atoms with Gasteiger partial charge in [-0.25, -0.2) is 4.79 Å². The summed E-state index contributed by atoms with van der Waals surface area (Å²) in [5.74, 6) is -0.170. The fraction of sp³-hybridized carbons (Fsp3) is 0.846. The van der Waals surface area contributed by atoms with Crippen molar-refractivity contribution in [3.8, 4) is 0 Å². The molecule has 0 aromatic carbocycles. The summed E-state index contributed by atoms with van der Waals surface area (Å²) in [4.78, 5) is 23.3. The summed E-state index contributed by atoms with van der Waals surface area (Å²) in [6.45, 7) is 1.47. The van der Waals surface area contributed by atoms with Crippen molar-refractivity contribution in [3.63, 3.8) is 0 Å². The number of hydrogen-bond donors (Lipinski definition) is 2. The number of carboxylic acids is 1. The van der Waals surface area contributed by atoms with E-state index in [-0.39, 0.29) is 18.4 Å². The summed E-state index contributed by atoms with van der Waals surface area (Å²) < 4.78 is 4.89. The van der Waals surface area contributed by atoms with Crippen molar-refractivity contribution in [1.29, 1.82) is 0 Å². The van der Waals surface area contributed by atoms with Crippen LogP contribution in [0.1, 0.15) is 32.6 Å². The monoisotopic (exact) mass is 255 g/mol. The number of carbonyl (C=O) groups excluding carboxylic acids is 1. The Labute approximate surface area is 107 Å². The first-order valence-electron chi connectivity index (χ1n) is 6.54. The van der Waals surface area contributed by atoms with Crippen LogP contribution in [0.5, 0.6) is 0 Å². The second-order valence-electron chi connectivity index (χ2n) is 5.70. The van der Waals surface area contributed by atoms with E-state index < -0.39 is 11.5 Å². The average Bonchev–Trinajstić information content (AvgIpc) is 3.03. The summed E-state index contributed by atoms with van der Waals surface area (Å²) in [5.41, 5.74) is -1.32. The van der Waals surface area contributed by atoms with Gasteiger partial charge in [-0.05, 0) is 31.6 Å². The van der Waals surface area contributed by atoms with Crippen LogP contribution in [0, 0.1) is 17.8 Å². The van der Waals surface area contributed by atoms with Crippen LogP contribution in [0.15, 0.2) is 0 Å². The Morgan fingerprint density at radius 2 is 1.89 bits per heavy atom. The minimum atomic E-state index is -1.32. The van der Waals surface area contributed by atoms with E-state index in [1.54, 1.807) is 0 Å². The van der Waals surface area contributed by atoms with Gasteiger partial charge in [0.1, 0.15) is 0 Å². The van der Waals surface area contributed by atoms with Crippen LogP contribution in [0.3, 0.4) is 0 Å². The predicted molar refractivity (Wildman–Crippen MR) is 65.0 cm³/mol. The molecule has 0 heterocycles. The van der Waals surface area contributed by atoms with Gasteiger partial charge >= 0.3 is 5.97 Å². The van der Waals surface area contributed by atoms with Gasteiger partial charge in [0.05, 0.1) is 6.61 Å². The van der Waals surface area contributed by atoms with Gasteiger partial charge in [-0.3, -0.25) is 4.79 Å². The third-order valence-corrected chi connectivity index (χ3v) is 4.26. The lowest BCUT2D eigenvalue weighted by atomic mass is 10.0. The number of aliphatic carboxylic acids is 1. The first-order chi connectivity index (χ1) is 8.49. The maximum atomic E-state index is 12.1. The van der Waals surface area contributed by atoms with Crippen molar-refractivity contribution in [2.75, 3.05) is 13.7 Å². The van der Waals surface area contributed by atoms with E-state index in [0.717, 1.165) is 12.8 Å². The number of rotatable bonds is 5. The number of nitrogens with one attached hydrogen (secondary N) is 1. The molecule has 102 valence electrons. The summed E-state index contributed by atoms with van der Waals surface area (Å²) in [6.07, 6.45) is 4.60.